The average Bonchev–Trinajstić information content (AvgIpc) is 2.93. The van der Waals surface area contributed by atoms with Crippen molar-refractivity contribution in [1.29, 1.82) is 0 Å². The average molecular weight is 563 g/mol. The molecule has 4 heteroatoms. The summed E-state index contributed by atoms with van der Waals surface area (Å²) in [5.41, 5.74) is 0. The zero-order valence-electron chi connectivity index (χ0n) is 26.6. The molecule has 0 radical (unpaired) electrons. The van der Waals surface area contributed by atoms with Gasteiger partial charge in [-0.25, -0.2) is 0 Å². The molecule has 0 bridgehead atoms. The van der Waals surface area contributed by atoms with Gasteiger partial charge in [-0.15, -0.1) is 0 Å². The van der Waals surface area contributed by atoms with Crippen LogP contribution in [0.3, 0.4) is 0 Å². The van der Waals surface area contributed by atoms with Crippen LogP contribution < -0.4 is 0 Å². The van der Waals surface area contributed by atoms with Crippen molar-refractivity contribution < 1.29 is 19.8 Å². The molecule has 0 saturated heterocycles. The first kappa shape index (κ1) is 35.1. The van der Waals surface area contributed by atoms with Crippen molar-refractivity contribution in [3.05, 3.63) is 0 Å². The second kappa shape index (κ2) is 21.6. The maximum atomic E-state index is 10.9. The molecule has 0 heterocycles. The Labute approximate surface area is 247 Å². The molecule has 0 aromatic rings. The Morgan fingerprint density at radius 1 is 0.525 bits per heavy atom. The Hall–Kier alpha value is -1.06. The molecule has 234 valence electrons. The fraction of sp³-hybridized carbons (Fsp3) is 0.944. The van der Waals surface area contributed by atoms with Crippen molar-refractivity contribution in [2.45, 2.75) is 181 Å². The van der Waals surface area contributed by atoms with Gasteiger partial charge in [-0.1, -0.05) is 123 Å². The minimum Gasteiger partial charge on any atom is -0.481 e. The zero-order valence-corrected chi connectivity index (χ0v) is 26.6. The molecule has 0 spiro atoms. The minimum absolute atomic E-state index is 0.316. The summed E-state index contributed by atoms with van der Waals surface area (Å²) in [5.74, 6) is 4.13. The van der Waals surface area contributed by atoms with E-state index in [-0.39, 0.29) is 0 Å². The summed E-state index contributed by atoms with van der Waals surface area (Å²) in [6.45, 7) is 4.64. The lowest BCUT2D eigenvalue weighted by Gasteiger charge is -2.51. The van der Waals surface area contributed by atoms with Gasteiger partial charge in [0.25, 0.3) is 0 Å². The van der Waals surface area contributed by atoms with Crippen molar-refractivity contribution in [3.63, 3.8) is 0 Å². The van der Waals surface area contributed by atoms with Gasteiger partial charge in [0.15, 0.2) is 0 Å². The SMILES string of the molecule is CCCCCCC1CC2CCC(CCCCCCC(=O)O)C(CCCCCCC(=O)O)C2CC1CCCCCC. The maximum absolute atomic E-state index is 10.9. The van der Waals surface area contributed by atoms with E-state index in [0.717, 1.165) is 61.2 Å². The van der Waals surface area contributed by atoms with Crippen LogP contribution in [-0.4, -0.2) is 22.2 Å². The van der Waals surface area contributed by atoms with E-state index in [0.29, 0.717) is 12.8 Å². The van der Waals surface area contributed by atoms with E-state index in [1.807, 2.05) is 0 Å². The van der Waals surface area contributed by atoms with Gasteiger partial charge in [0.1, 0.15) is 0 Å². The monoisotopic (exact) mass is 562 g/mol. The molecule has 6 unspecified atom stereocenters. The van der Waals surface area contributed by atoms with Crippen molar-refractivity contribution in [2.24, 2.45) is 35.5 Å². The predicted molar refractivity (Wildman–Crippen MR) is 168 cm³/mol. The molecule has 4 nitrogen and oxygen atoms in total. The van der Waals surface area contributed by atoms with E-state index in [4.69, 9.17) is 10.2 Å². The number of unbranched alkanes of at least 4 members (excludes halogenated alkanes) is 12. The molecule has 40 heavy (non-hydrogen) atoms. The van der Waals surface area contributed by atoms with E-state index < -0.39 is 11.9 Å². The fourth-order valence-corrected chi connectivity index (χ4v) is 8.57. The van der Waals surface area contributed by atoms with E-state index in [1.54, 1.807) is 0 Å². The minimum atomic E-state index is -0.660. The molecular weight excluding hydrogens is 496 g/mol. The van der Waals surface area contributed by atoms with E-state index in [1.165, 1.54) is 128 Å². The maximum Gasteiger partial charge on any atom is 0.303 e. The molecule has 0 aliphatic heterocycles. The highest BCUT2D eigenvalue weighted by molar-refractivity contribution is 5.66. The van der Waals surface area contributed by atoms with Gasteiger partial charge in [-0.2, -0.15) is 0 Å². The van der Waals surface area contributed by atoms with Gasteiger partial charge in [-0.3, -0.25) is 9.59 Å². The van der Waals surface area contributed by atoms with Crippen LogP contribution >= 0.6 is 0 Å². The third-order valence-electron chi connectivity index (χ3n) is 10.8. The Balaban J connectivity index is 2.00. The molecule has 2 fully saturated rings. The van der Waals surface area contributed by atoms with E-state index in [2.05, 4.69) is 13.8 Å². The Bertz CT molecular complexity index is 661. The van der Waals surface area contributed by atoms with Crippen LogP contribution in [0.4, 0.5) is 0 Å². The number of carbonyl (C=O) groups is 2. The van der Waals surface area contributed by atoms with Crippen LogP contribution in [0, 0.1) is 35.5 Å². The third-order valence-corrected chi connectivity index (χ3v) is 10.8. The van der Waals surface area contributed by atoms with Crippen LogP contribution in [-0.2, 0) is 9.59 Å². The molecule has 2 aliphatic rings. The predicted octanol–water partition coefficient (Wildman–Crippen LogP) is 11.1. The summed E-state index contributed by atoms with van der Waals surface area (Å²) < 4.78 is 0. The lowest BCUT2D eigenvalue weighted by molar-refractivity contribution is -0.138. The van der Waals surface area contributed by atoms with Crippen LogP contribution in [0.5, 0.6) is 0 Å². The number of carboxylic acid groups (broad SMARTS) is 2. The zero-order chi connectivity index (χ0) is 29.0. The number of hydrogen-bond donors (Lipinski definition) is 2. The van der Waals surface area contributed by atoms with Crippen LogP contribution in [0.1, 0.15) is 181 Å². The van der Waals surface area contributed by atoms with Gasteiger partial charge in [0.2, 0.25) is 0 Å². The largest absolute Gasteiger partial charge is 0.481 e. The van der Waals surface area contributed by atoms with Crippen molar-refractivity contribution in [2.75, 3.05) is 0 Å². The van der Waals surface area contributed by atoms with Gasteiger partial charge in [0, 0.05) is 12.8 Å². The van der Waals surface area contributed by atoms with E-state index in [9.17, 15) is 9.59 Å². The summed E-state index contributed by atoms with van der Waals surface area (Å²) in [7, 11) is 0. The first-order chi connectivity index (χ1) is 19.5. The molecular formula is C36H66O4. The summed E-state index contributed by atoms with van der Waals surface area (Å²) in [4.78, 5) is 21.8. The lowest BCUT2D eigenvalue weighted by Crippen LogP contribution is -2.42. The Morgan fingerprint density at radius 3 is 1.50 bits per heavy atom. The van der Waals surface area contributed by atoms with Gasteiger partial charge < -0.3 is 10.2 Å². The van der Waals surface area contributed by atoms with Crippen molar-refractivity contribution >= 4 is 11.9 Å². The Kier molecular flexibility index (Phi) is 19.0. The molecule has 0 aromatic heterocycles. The van der Waals surface area contributed by atoms with Crippen LogP contribution in [0.25, 0.3) is 0 Å². The number of rotatable bonds is 24. The fourth-order valence-electron chi connectivity index (χ4n) is 8.57. The molecule has 2 saturated carbocycles. The van der Waals surface area contributed by atoms with Crippen LogP contribution in [0.15, 0.2) is 0 Å². The molecule has 0 amide bonds. The third kappa shape index (κ3) is 14.2. The highest BCUT2D eigenvalue weighted by Crippen LogP contribution is 2.54. The summed E-state index contributed by atoms with van der Waals surface area (Å²) >= 11 is 0. The highest BCUT2D eigenvalue weighted by atomic mass is 16.4. The number of fused-ring (bicyclic) bond motifs is 1. The molecule has 6 atom stereocenters. The number of hydrogen-bond acceptors (Lipinski definition) is 2. The van der Waals surface area contributed by atoms with E-state index >= 15 is 0 Å². The second-order valence-electron chi connectivity index (χ2n) is 13.8. The first-order valence-corrected chi connectivity index (χ1v) is 17.9. The molecule has 0 aromatic carbocycles. The van der Waals surface area contributed by atoms with Gasteiger partial charge in [-0.05, 0) is 80.5 Å². The number of aliphatic carboxylic acids is 2. The van der Waals surface area contributed by atoms with Crippen LogP contribution in [0.2, 0.25) is 0 Å². The lowest BCUT2D eigenvalue weighted by atomic mass is 9.54. The quantitative estimate of drug-likeness (QED) is 0.115. The van der Waals surface area contributed by atoms with Gasteiger partial charge in [0.05, 0.1) is 0 Å². The second-order valence-corrected chi connectivity index (χ2v) is 13.8. The van der Waals surface area contributed by atoms with Crippen molar-refractivity contribution in [3.8, 4) is 0 Å². The number of carboxylic acids is 2. The summed E-state index contributed by atoms with van der Waals surface area (Å²) in [6, 6.07) is 0. The topological polar surface area (TPSA) is 74.6 Å². The molecule has 2 aliphatic carbocycles. The summed E-state index contributed by atoms with van der Waals surface area (Å²) in [6.07, 6.45) is 31.8. The standard InChI is InChI=1S/C36H66O4/c1-3-5-7-13-20-30-27-32-26-25-29(19-15-9-11-17-23-35(37)38)33(22-16-10-12-18-24-36(39)40)34(32)28-31(30)21-14-8-6-4-2/h29-34H,3-28H2,1-2H3,(H,37,38)(H,39,40). The smallest absolute Gasteiger partial charge is 0.303 e. The summed E-state index contributed by atoms with van der Waals surface area (Å²) in [5, 5.41) is 17.9. The first-order valence-electron chi connectivity index (χ1n) is 17.9. The molecule has 2 rings (SSSR count). The Morgan fingerprint density at radius 2 is 0.975 bits per heavy atom. The van der Waals surface area contributed by atoms with Crippen molar-refractivity contribution in [1.82, 2.24) is 0 Å². The normalized spacial score (nSPS) is 26.4. The van der Waals surface area contributed by atoms with Gasteiger partial charge >= 0.3 is 11.9 Å². The highest BCUT2D eigenvalue weighted by Gasteiger charge is 2.44. The molecule has 2 N–H and O–H groups in total.